The Labute approximate surface area is 149 Å². The summed E-state index contributed by atoms with van der Waals surface area (Å²) in [5.41, 5.74) is 0.776. The standard InChI is InChI=1S/C20H18F2N2O2/c1-20(2,12-23-18(25)15-9-8-14(21)10-16(15)22)17-11-26-19(24-17)13-6-4-3-5-7-13/h3-11H,12H2,1-2H3,(H,23,25). The summed E-state index contributed by atoms with van der Waals surface area (Å²) in [6.45, 7) is 3.99. The Morgan fingerprint density at radius 1 is 1.15 bits per heavy atom. The SMILES string of the molecule is CC(C)(CNC(=O)c1ccc(F)cc1F)c1coc(-c2ccccc2)n1. The third-order valence-electron chi connectivity index (χ3n) is 4.08. The monoisotopic (exact) mass is 356 g/mol. The van der Waals surface area contributed by atoms with Crippen LogP contribution in [0.15, 0.2) is 59.2 Å². The number of hydrogen-bond donors (Lipinski definition) is 1. The van der Waals surface area contributed by atoms with Gasteiger partial charge in [-0.25, -0.2) is 13.8 Å². The van der Waals surface area contributed by atoms with Crippen molar-refractivity contribution in [1.29, 1.82) is 0 Å². The highest BCUT2D eigenvalue weighted by molar-refractivity contribution is 5.94. The van der Waals surface area contributed by atoms with Gasteiger partial charge in [-0.1, -0.05) is 32.0 Å². The Morgan fingerprint density at radius 2 is 1.88 bits per heavy atom. The molecule has 1 N–H and O–H groups in total. The molecule has 1 heterocycles. The molecule has 0 saturated carbocycles. The maximum atomic E-state index is 13.7. The Morgan fingerprint density at radius 3 is 2.58 bits per heavy atom. The maximum Gasteiger partial charge on any atom is 0.254 e. The number of nitrogens with zero attached hydrogens (tertiary/aromatic N) is 1. The van der Waals surface area contributed by atoms with E-state index in [0.717, 1.165) is 17.7 Å². The van der Waals surface area contributed by atoms with Gasteiger partial charge in [-0.2, -0.15) is 0 Å². The average Bonchev–Trinajstić information content (AvgIpc) is 3.12. The van der Waals surface area contributed by atoms with E-state index in [2.05, 4.69) is 10.3 Å². The lowest BCUT2D eigenvalue weighted by Gasteiger charge is -2.22. The first-order chi connectivity index (χ1) is 12.4. The highest BCUT2D eigenvalue weighted by Gasteiger charge is 2.26. The molecule has 0 unspecified atom stereocenters. The number of benzene rings is 2. The van der Waals surface area contributed by atoms with Crippen LogP contribution >= 0.6 is 0 Å². The number of rotatable bonds is 5. The number of aromatic nitrogens is 1. The Kier molecular flexibility index (Phi) is 4.84. The third kappa shape index (κ3) is 3.79. The molecule has 0 spiro atoms. The van der Waals surface area contributed by atoms with Crippen molar-refractivity contribution in [3.8, 4) is 11.5 Å². The van der Waals surface area contributed by atoms with Crippen molar-refractivity contribution >= 4 is 5.91 Å². The first-order valence-corrected chi connectivity index (χ1v) is 8.11. The second-order valence-corrected chi connectivity index (χ2v) is 6.59. The quantitative estimate of drug-likeness (QED) is 0.740. The number of hydrogen-bond acceptors (Lipinski definition) is 3. The molecule has 1 aromatic heterocycles. The van der Waals surface area contributed by atoms with Gasteiger partial charge >= 0.3 is 0 Å². The van der Waals surface area contributed by atoms with Crippen molar-refractivity contribution in [2.24, 2.45) is 0 Å². The molecule has 0 fully saturated rings. The first kappa shape index (κ1) is 17.8. The van der Waals surface area contributed by atoms with Crippen LogP contribution in [0.5, 0.6) is 0 Å². The van der Waals surface area contributed by atoms with E-state index < -0.39 is 23.0 Å². The van der Waals surface area contributed by atoms with E-state index in [-0.39, 0.29) is 12.1 Å². The van der Waals surface area contributed by atoms with Crippen LogP contribution in [0.1, 0.15) is 29.9 Å². The van der Waals surface area contributed by atoms with Gasteiger partial charge in [-0.15, -0.1) is 0 Å². The van der Waals surface area contributed by atoms with E-state index in [9.17, 15) is 13.6 Å². The van der Waals surface area contributed by atoms with Crippen LogP contribution in [0, 0.1) is 11.6 Å². The van der Waals surface area contributed by atoms with Crippen LogP contribution in [0.25, 0.3) is 11.5 Å². The van der Waals surface area contributed by atoms with Gasteiger partial charge in [-0.3, -0.25) is 4.79 Å². The average molecular weight is 356 g/mol. The van der Waals surface area contributed by atoms with Gasteiger partial charge in [0.05, 0.1) is 11.3 Å². The lowest BCUT2D eigenvalue weighted by molar-refractivity contribution is 0.0941. The molecule has 26 heavy (non-hydrogen) atoms. The molecule has 4 nitrogen and oxygen atoms in total. The fourth-order valence-electron chi connectivity index (χ4n) is 2.46. The molecule has 0 aliphatic carbocycles. The summed E-state index contributed by atoms with van der Waals surface area (Å²) >= 11 is 0. The second kappa shape index (κ2) is 7.07. The van der Waals surface area contributed by atoms with Gasteiger partial charge in [-0.05, 0) is 24.3 Å². The van der Waals surface area contributed by atoms with E-state index in [1.54, 1.807) is 6.26 Å². The number of halogens is 2. The summed E-state index contributed by atoms with van der Waals surface area (Å²) in [6.07, 6.45) is 1.55. The molecule has 3 aromatic rings. The summed E-state index contributed by atoms with van der Waals surface area (Å²) in [5, 5.41) is 2.66. The number of oxazole rings is 1. The fourth-order valence-corrected chi connectivity index (χ4v) is 2.46. The van der Waals surface area contributed by atoms with Gasteiger partial charge < -0.3 is 9.73 Å². The predicted molar refractivity (Wildman–Crippen MR) is 93.7 cm³/mol. The Hall–Kier alpha value is -3.02. The first-order valence-electron chi connectivity index (χ1n) is 8.11. The van der Waals surface area contributed by atoms with E-state index in [4.69, 9.17) is 4.42 Å². The van der Waals surface area contributed by atoms with E-state index >= 15 is 0 Å². The summed E-state index contributed by atoms with van der Waals surface area (Å²) in [6, 6.07) is 12.3. The smallest absolute Gasteiger partial charge is 0.254 e. The molecule has 3 rings (SSSR count). The molecule has 0 aliphatic rings. The molecular weight excluding hydrogens is 338 g/mol. The fraction of sp³-hybridized carbons (Fsp3) is 0.200. The largest absolute Gasteiger partial charge is 0.444 e. The molecule has 0 aliphatic heterocycles. The van der Waals surface area contributed by atoms with Crippen molar-refractivity contribution in [1.82, 2.24) is 10.3 Å². The molecule has 1 amide bonds. The minimum Gasteiger partial charge on any atom is -0.444 e. The van der Waals surface area contributed by atoms with Crippen LogP contribution in [0.3, 0.4) is 0 Å². The highest BCUT2D eigenvalue weighted by atomic mass is 19.1. The molecule has 0 radical (unpaired) electrons. The van der Waals surface area contributed by atoms with Crippen molar-refractivity contribution in [3.63, 3.8) is 0 Å². The lowest BCUT2D eigenvalue weighted by atomic mass is 9.90. The summed E-state index contributed by atoms with van der Waals surface area (Å²) in [4.78, 5) is 16.7. The van der Waals surface area contributed by atoms with Crippen molar-refractivity contribution < 1.29 is 18.0 Å². The molecule has 2 aromatic carbocycles. The van der Waals surface area contributed by atoms with E-state index in [0.29, 0.717) is 17.7 Å². The topological polar surface area (TPSA) is 55.1 Å². The van der Waals surface area contributed by atoms with Gasteiger partial charge in [0, 0.05) is 23.6 Å². The molecule has 134 valence electrons. The number of amides is 1. The highest BCUT2D eigenvalue weighted by Crippen LogP contribution is 2.26. The zero-order chi connectivity index (χ0) is 18.7. The van der Waals surface area contributed by atoms with Crippen LogP contribution in [0.4, 0.5) is 8.78 Å². The second-order valence-electron chi connectivity index (χ2n) is 6.59. The van der Waals surface area contributed by atoms with Crippen LogP contribution < -0.4 is 5.32 Å². The Balaban J connectivity index is 1.71. The van der Waals surface area contributed by atoms with Crippen molar-refractivity contribution in [2.45, 2.75) is 19.3 Å². The van der Waals surface area contributed by atoms with E-state index in [1.165, 1.54) is 0 Å². The summed E-state index contributed by atoms with van der Waals surface area (Å²) < 4.78 is 32.2. The van der Waals surface area contributed by atoms with Crippen molar-refractivity contribution in [3.05, 3.63) is 77.7 Å². The van der Waals surface area contributed by atoms with Gasteiger partial charge in [0.2, 0.25) is 5.89 Å². The number of nitrogens with one attached hydrogen (secondary N) is 1. The van der Waals surface area contributed by atoms with Crippen LogP contribution in [0.2, 0.25) is 0 Å². The molecule has 6 heteroatoms. The molecule has 0 saturated heterocycles. The summed E-state index contributed by atoms with van der Waals surface area (Å²) in [5.74, 6) is -1.74. The van der Waals surface area contributed by atoms with Crippen LogP contribution in [-0.2, 0) is 5.41 Å². The van der Waals surface area contributed by atoms with Crippen molar-refractivity contribution in [2.75, 3.05) is 6.54 Å². The molecular formula is C20H18F2N2O2. The third-order valence-corrected chi connectivity index (χ3v) is 4.08. The van der Waals surface area contributed by atoms with E-state index in [1.807, 2.05) is 44.2 Å². The lowest BCUT2D eigenvalue weighted by Crippen LogP contribution is -2.37. The predicted octanol–water partition coefficient (Wildman–Crippen LogP) is 4.33. The summed E-state index contributed by atoms with van der Waals surface area (Å²) in [7, 11) is 0. The van der Waals surface area contributed by atoms with Gasteiger partial charge in [0.25, 0.3) is 5.91 Å². The minimum absolute atomic E-state index is 0.202. The molecule has 0 atom stereocenters. The zero-order valence-electron chi connectivity index (χ0n) is 14.4. The Bertz CT molecular complexity index is 921. The van der Waals surface area contributed by atoms with Gasteiger partial charge in [0.1, 0.15) is 17.9 Å². The van der Waals surface area contributed by atoms with Crippen LogP contribution in [-0.4, -0.2) is 17.4 Å². The molecule has 0 bridgehead atoms. The zero-order valence-corrected chi connectivity index (χ0v) is 14.4. The normalized spacial score (nSPS) is 11.4. The minimum atomic E-state index is -0.895. The maximum absolute atomic E-state index is 13.7. The number of carbonyl (C=O) groups excluding carboxylic acids is 1. The van der Waals surface area contributed by atoms with Gasteiger partial charge in [0.15, 0.2) is 0 Å². The number of carbonyl (C=O) groups is 1.